The first-order valence-corrected chi connectivity index (χ1v) is 12.0. The van der Waals surface area contributed by atoms with E-state index >= 15 is 0 Å². The van der Waals surface area contributed by atoms with Gasteiger partial charge >= 0.3 is 0 Å². The van der Waals surface area contributed by atoms with Crippen LogP contribution in [0.2, 0.25) is 0 Å². The lowest BCUT2D eigenvalue weighted by molar-refractivity contribution is -0.126. The van der Waals surface area contributed by atoms with Gasteiger partial charge in [-0.3, -0.25) is 9.59 Å². The van der Waals surface area contributed by atoms with Crippen molar-refractivity contribution in [3.63, 3.8) is 0 Å². The lowest BCUT2D eigenvalue weighted by atomic mass is 9.86. The second-order valence-corrected chi connectivity index (χ2v) is 10.1. The molecule has 1 N–H and O–H groups in total. The maximum absolute atomic E-state index is 13.1. The molecule has 1 aliphatic heterocycles. The summed E-state index contributed by atoms with van der Waals surface area (Å²) in [6.07, 6.45) is 2.25. The minimum absolute atomic E-state index is 0.0233. The molecule has 0 atom stereocenters. The second kappa shape index (κ2) is 9.78. The summed E-state index contributed by atoms with van der Waals surface area (Å²) >= 11 is 0. The van der Waals surface area contributed by atoms with Crippen molar-refractivity contribution in [1.29, 1.82) is 0 Å². The van der Waals surface area contributed by atoms with Crippen molar-refractivity contribution < 1.29 is 9.59 Å². The Morgan fingerprint density at radius 2 is 1.58 bits per heavy atom. The zero-order valence-corrected chi connectivity index (χ0v) is 19.9. The molecule has 172 valence electrons. The highest BCUT2D eigenvalue weighted by Gasteiger charge is 2.28. The molecule has 0 unspecified atom stereocenters. The Morgan fingerprint density at radius 3 is 2.27 bits per heavy atom. The number of carbonyl (C=O) groups is 2. The van der Waals surface area contributed by atoms with Crippen molar-refractivity contribution in [1.82, 2.24) is 10.2 Å². The van der Waals surface area contributed by atoms with Gasteiger partial charge in [-0.25, -0.2) is 0 Å². The Balaban J connectivity index is 1.26. The van der Waals surface area contributed by atoms with Crippen LogP contribution in [0.1, 0.15) is 55.1 Å². The summed E-state index contributed by atoms with van der Waals surface area (Å²) in [4.78, 5) is 27.7. The molecule has 3 aromatic rings. The average Bonchev–Trinajstić information content (AvgIpc) is 2.83. The third kappa shape index (κ3) is 5.44. The Bertz CT molecular complexity index is 1120. The fraction of sp³-hybridized carbons (Fsp3) is 0.379. The lowest BCUT2D eigenvalue weighted by Gasteiger charge is -2.31. The molecule has 0 aromatic heterocycles. The summed E-state index contributed by atoms with van der Waals surface area (Å²) in [6, 6.07) is 22.5. The maximum Gasteiger partial charge on any atom is 0.254 e. The number of likely N-dealkylation sites (tertiary alicyclic amines) is 1. The zero-order valence-electron chi connectivity index (χ0n) is 19.9. The fourth-order valence-electron chi connectivity index (χ4n) is 4.57. The molecule has 1 heterocycles. The Hall–Kier alpha value is -3.14. The monoisotopic (exact) mass is 442 g/mol. The predicted octanol–water partition coefficient (Wildman–Crippen LogP) is 5.35. The van der Waals surface area contributed by atoms with E-state index < -0.39 is 0 Å². The van der Waals surface area contributed by atoms with Gasteiger partial charge in [0.25, 0.3) is 5.91 Å². The number of nitrogens with zero attached hydrogens (tertiary/aromatic N) is 1. The van der Waals surface area contributed by atoms with Crippen LogP contribution in [0.3, 0.4) is 0 Å². The third-order valence-corrected chi connectivity index (χ3v) is 6.71. The normalized spacial score (nSPS) is 14.9. The standard InChI is InChI=1S/C29H34N2O2/c1-29(2,3)24-13-11-21(12-14-24)15-18-30-27(32)23-16-19-31(20-17-23)28(33)26-10-6-8-22-7-4-5-9-25(22)26/h4-14,23H,15-20H2,1-3H3,(H,30,32). The van der Waals surface area contributed by atoms with Gasteiger partial charge in [0.1, 0.15) is 0 Å². The van der Waals surface area contributed by atoms with Crippen LogP contribution < -0.4 is 5.32 Å². The molecule has 1 saturated heterocycles. The molecule has 0 spiro atoms. The average molecular weight is 443 g/mol. The number of hydrogen-bond acceptors (Lipinski definition) is 2. The molecular formula is C29H34N2O2. The first kappa shape index (κ1) is 23.0. The smallest absolute Gasteiger partial charge is 0.254 e. The number of benzene rings is 3. The van der Waals surface area contributed by atoms with E-state index in [0.717, 1.165) is 22.8 Å². The maximum atomic E-state index is 13.1. The van der Waals surface area contributed by atoms with Gasteiger partial charge in [-0.1, -0.05) is 81.4 Å². The summed E-state index contributed by atoms with van der Waals surface area (Å²) in [7, 11) is 0. The SMILES string of the molecule is CC(C)(C)c1ccc(CCNC(=O)C2CCN(C(=O)c3cccc4ccccc34)CC2)cc1. The van der Waals surface area contributed by atoms with Crippen molar-refractivity contribution in [2.24, 2.45) is 5.92 Å². The number of amides is 2. The van der Waals surface area contributed by atoms with E-state index in [4.69, 9.17) is 0 Å². The Kier molecular flexibility index (Phi) is 6.83. The number of piperidine rings is 1. The van der Waals surface area contributed by atoms with Crippen LogP contribution in [-0.4, -0.2) is 36.3 Å². The molecule has 0 saturated carbocycles. The van der Waals surface area contributed by atoms with Gasteiger partial charge in [0.15, 0.2) is 0 Å². The minimum Gasteiger partial charge on any atom is -0.356 e. The summed E-state index contributed by atoms with van der Waals surface area (Å²) in [6.45, 7) is 8.51. The molecule has 0 aliphatic carbocycles. The minimum atomic E-state index is -0.0233. The van der Waals surface area contributed by atoms with E-state index in [1.807, 2.05) is 47.4 Å². The topological polar surface area (TPSA) is 49.4 Å². The molecule has 4 rings (SSSR count). The lowest BCUT2D eigenvalue weighted by Crippen LogP contribution is -2.43. The van der Waals surface area contributed by atoms with E-state index in [1.54, 1.807) is 0 Å². The van der Waals surface area contributed by atoms with Crippen LogP contribution in [0, 0.1) is 5.92 Å². The van der Waals surface area contributed by atoms with Crippen molar-refractivity contribution in [3.05, 3.63) is 83.4 Å². The van der Waals surface area contributed by atoms with Crippen molar-refractivity contribution >= 4 is 22.6 Å². The van der Waals surface area contributed by atoms with Crippen LogP contribution in [0.5, 0.6) is 0 Å². The van der Waals surface area contributed by atoms with Gasteiger partial charge < -0.3 is 10.2 Å². The quantitative estimate of drug-likeness (QED) is 0.579. The molecule has 1 fully saturated rings. The molecular weight excluding hydrogens is 408 g/mol. The molecule has 4 heteroatoms. The van der Waals surface area contributed by atoms with Crippen LogP contribution in [-0.2, 0) is 16.6 Å². The molecule has 4 nitrogen and oxygen atoms in total. The highest BCUT2D eigenvalue weighted by molar-refractivity contribution is 6.07. The number of carbonyl (C=O) groups excluding carboxylic acids is 2. The van der Waals surface area contributed by atoms with Crippen molar-refractivity contribution in [2.45, 2.75) is 45.4 Å². The number of nitrogens with one attached hydrogen (secondary N) is 1. The van der Waals surface area contributed by atoms with Gasteiger partial charge in [0.2, 0.25) is 5.91 Å². The van der Waals surface area contributed by atoms with Gasteiger partial charge in [-0.15, -0.1) is 0 Å². The van der Waals surface area contributed by atoms with E-state index in [0.29, 0.717) is 32.5 Å². The number of hydrogen-bond donors (Lipinski definition) is 1. The van der Waals surface area contributed by atoms with Gasteiger partial charge in [0, 0.05) is 31.1 Å². The highest BCUT2D eigenvalue weighted by Crippen LogP contribution is 2.24. The fourth-order valence-corrected chi connectivity index (χ4v) is 4.57. The molecule has 2 amide bonds. The van der Waals surface area contributed by atoms with Crippen LogP contribution in [0.25, 0.3) is 10.8 Å². The predicted molar refractivity (Wildman–Crippen MR) is 134 cm³/mol. The summed E-state index contributed by atoms with van der Waals surface area (Å²) in [5, 5.41) is 5.16. The van der Waals surface area contributed by atoms with Gasteiger partial charge in [-0.05, 0) is 52.6 Å². The highest BCUT2D eigenvalue weighted by atomic mass is 16.2. The molecule has 3 aromatic carbocycles. The zero-order chi connectivity index (χ0) is 23.4. The molecule has 33 heavy (non-hydrogen) atoms. The molecule has 0 radical (unpaired) electrons. The van der Waals surface area contributed by atoms with Crippen LogP contribution in [0.15, 0.2) is 66.7 Å². The van der Waals surface area contributed by atoms with Crippen molar-refractivity contribution in [3.8, 4) is 0 Å². The summed E-state index contributed by atoms with van der Waals surface area (Å²) in [5.41, 5.74) is 3.45. The summed E-state index contributed by atoms with van der Waals surface area (Å²) < 4.78 is 0. The van der Waals surface area contributed by atoms with Gasteiger partial charge in [-0.2, -0.15) is 0 Å². The van der Waals surface area contributed by atoms with E-state index in [2.05, 4.69) is 50.4 Å². The van der Waals surface area contributed by atoms with Gasteiger partial charge in [0.05, 0.1) is 0 Å². The summed E-state index contributed by atoms with van der Waals surface area (Å²) in [5.74, 6) is 0.146. The number of rotatable bonds is 5. The first-order valence-electron chi connectivity index (χ1n) is 12.0. The Morgan fingerprint density at radius 1 is 0.909 bits per heavy atom. The first-order chi connectivity index (χ1) is 15.8. The Labute approximate surface area is 197 Å². The second-order valence-electron chi connectivity index (χ2n) is 10.1. The molecule has 1 aliphatic rings. The largest absolute Gasteiger partial charge is 0.356 e. The van der Waals surface area contributed by atoms with E-state index in [9.17, 15) is 9.59 Å². The van der Waals surface area contributed by atoms with Crippen molar-refractivity contribution in [2.75, 3.05) is 19.6 Å². The van der Waals surface area contributed by atoms with Crippen LogP contribution >= 0.6 is 0 Å². The third-order valence-electron chi connectivity index (χ3n) is 6.71. The number of fused-ring (bicyclic) bond motifs is 1. The van der Waals surface area contributed by atoms with E-state index in [-0.39, 0.29) is 23.1 Å². The van der Waals surface area contributed by atoms with Crippen LogP contribution in [0.4, 0.5) is 0 Å². The van der Waals surface area contributed by atoms with E-state index in [1.165, 1.54) is 11.1 Å². The molecule has 0 bridgehead atoms.